The number of urea groups is 1. The van der Waals surface area contributed by atoms with E-state index in [0.29, 0.717) is 5.82 Å². The molecule has 1 atom stereocenters. The largest absolute Gasteiger partial charge is 0.447 e. The molecule has 1 fully saturated rings. The molecule has 158 valence electrons. The molecule has 1 saturated carbocycles. The summed E-state index contributed by atoms with van der Waals surface area (Å²) in [6.45, 7) is 1.38. The molecular formula is C22H21N5O4. The maximum atomic E-state index is 12.6. The number of hydrogen-bond donors (Lipinski definition) is 2. The summed E-state index contributed by atoms with van der Waals surface area (Å²) in [6.07, 6.45) is 0.596. The minimum atomic E-state index is -1.19. The van der Waals surface area contributed by atoms with Gasteiger partial charge in [-0.2, -0.15) is 0 Å². The van der Waals surface area contributed by atoms with Crippen molar-refractivity contribution >= 4 is 17.9 Å². The molecule has 3 amide bonds. The van der Waals surface area contributed by atoms with Gasteiger partial charge in [-0.1, -0.05) is 48.5 Å². The average Bonchev–Trinajstić information content (AvgIpc) is 3.47. The summed E-state index contributed by atoms with van der Waals surface area (Å²) in [5.74, 6) is -1.32. The number of amides is 3. The van der Waals surface area contributed by atoms with E-state index >= 15 is 0 Å². The molecule has 0 bridgehead atoms. The SMILES string of the molecule is C[C@@H](OC(=O)c1nc(-c2ccccc2)n(-c2ccccc2)n1)C(=O)NC(=O)NC1CC1. The van der Waals surface area contributed by atoms with Crippen molar-refractivity contribution in [3.8, 4) is 17.1 Å². The lowest BCUT2D eigenvalue weighted by molar-refractivity contribution is -0.127. The van der Waals surface area contributed by atoms with E-state index in [1.807, 2.05) is 60.7 Å². The van der Waals surface area contributed by atoms with Crippen molar-refractivity contribution in [2.24, 2.45) is 0 Å². The van der Waals surface area contributed by atoms with Gasteiger partial charge in [0.05, 0.1) is 5.69 Å². The average molecular weight is 419 g/mol. The Labute approximate surface area is 178 Å². The first-order chi connectivity index (χ1) is 15.0. The van der Waals surface area contributed by atoms with Crippen molar-refractivity contribution in [2.75, 3.05) is 0 Å². The maximum absolute atomic E-state index is 12.6. The lowest BCUT2D eigenvalue weighted by Gasteiger charge is -2.12. The van der Waals surface area contributed by atoms with Gasteiger partial charge >= 0.3 is 12.0 Å². The minimum absolute atomic E-state index is 0.105. The highest BCUT2D eigenvalue weighted by Crippen LogP contribution is 2.21. The predicted octanol–water partition coefficient (Wildman–Crippen LogP) is 2.47. The molecule has 2 N–H and O–H groups in total. The number of carbonyl (C=O) groups excluding carboxylic acids is 3. The van der Waals surface area contributed by atoms with Crippen molar-refractivity contribution in [3.05, 3.63) is 66.5 Å². The molecule has 0 radical (unpaired) electrons. The van der Waals surface area contributed by atoms with Crippen LogP contribution in [0.25, 0.3) is 17.1 Å². The highest BCUT2D eigenvalue weighted by Gasteiger charge is 2.27. The number of hydrogen-bond acceptors (Lipinski definition) is 6. The van der Waals surface area contributed by atoms with Crippen molar-refractivity contribution < 1.29 is 19.1 Å². The van der Waals surface area contributed by atoms with Gasteiger partial charge in [-0.15, -0.1) is 5.10 Å². The molecule has 9 heteroatoms. The quantitative estimate of drug-likeness (QED) is 0.593. The fourth-order valence-electron chi connectivity index (χ4n) is 2.85. The molecule has 3 aromatic rings. The van der Waals surface area contributed by atoms with Gasteiger partial charge in [-0.05, 0) is 31.9 Å². The van der Waals surface area contributed by atoms with Gasteiger partial charge in [-0.25, -0.2) is 19.3 Å². The highest BCUT2D eigenvalue weighted by atomic mass is 16.5. The van der Waals surface area contributed by atoms with E-state index in [1.165, 1.54) is 6.92 Å². The molecule has 1 aromatic heterocycles. The standard InChI is InChI=1S/C22H21N5O4/c1-14(20(28)25-22(30)23-16-12-13-16)31-21(29)18-24-19(15-8-4-2-5-9-15)27(26-18)17-10-6-3-7-11-17/h2-11,14,16H,12-13H2,1H3,(H2,23,25,28,30)/t14-/m1/s1. The van der Waals surface area contributed by atoms with Crippen LogP contribution < -0.4 is 10.6 Å². The van der Waals surface area contributed by atoms with E-state index in [9.17, 15) is 14.4 Å². The number of benzene rings is 2. The normalized spacial score (nSPS) is 13.8. The number of para-hydroxylation sites is 1. The second kappa shape index (κ2) is 8.78. The van der Waals surface area contributed by atoms with Crippen molar-refractivity contribution in [1.29, 1.82) is 0 Å². The Balaban J connectivity index is 1.52. The molecule has 1 aliphatic carbocycles. The highest BCUT2D eigenvalue weighted by molar-refractivity contribution is 5.98. The molecule has 1 aliphatic rings. The molecule has 0 spiro atoms. The number of ether oxygens (including phenoxy) is 1. The van der Waals surface area contributed by atoms with Gasteiger partial charge in [0.2, 0.25) is 0 Å². The summed E-state index contributed by atoms with van der Waals surface area (Å²) >= 11 is 0. The van der Waals surface area contributed by atoms with Gasteiger partial charge in [0.25, 0.3) is 11.7 Å². The van der Waals surface area contributed by atoms with E-state index in [0.717, 1.165) is 24.1 Å². The van der Waals surface area contributed by atoms with Gasteiger partial charge in [0.15, 0.2) is 11.9 Å². The molecule has 31 heavy (non-hydrogen) atoms. The van der Waals surface area contributed by atoms with Gasteiger partial charge < -0.3 is 10.1 Å². The Hall–Kier alpha value is -4.01. The summed E-state index contributed by atoms with van der Waals surface area (Å²) in [7, 11) is 0. The molecular weight excluding hydrogens is 398 g/mol. The third kappa shape index (κ3) is 4.95. The van der Waals surface area contributed by atoms with Crippen LogP contribution in [-0.2, 0) is 9.53 Å². The Morgan fingerprint density at radius 2 is 1.68 bits per heavy atom. The van der Waals surface area contributed by atoms with E-state index in [4.69, 9.17) is 4.74 Å². The van der Waals surface area contributed by atoms with Crippen LogP contribution in [0, 0.1) is 0 Å². The van der Waals surface area contributed by atoms with Crippen LogP contribution in [0.5, 0.6) is 0 Å². The number of aromatic nitrogens is 3. The minimum Gasteiger partial charge on any atom is -0.447 e. The number of imide groups is 1. The summed E-state index contributed by atoms with van der Waals surface area (Å²) in [6, 6.07) is 18.1. The lowest BCUT2D eigenvalue weighted by Crippen LogP contribution is -2.45. The monoisotopic (exact) mass is 419 g/mol. The fourth-order valence-corrected chi connectivity index (χ4v) is 2.85. The van der Waals surface area contributed by atoms with Gasteiger partial charge in [0, 0.05) is 11.6 Å². The predicted molar refractivity (Wildman–Crippen MR) is 111 cm³/mol. The van der Waals surface area contributed by atoms with E-state index < -0.39 is 24.0 Å². The zero-order valence-corrected chi connectivity index (χ0v) is 16.8. The topological polar surface area (TPSA) is 115 Å². The Morgan fingerprint density at radius 3 is 2.32 bits per heavy atom. The van der Waals surface area contributed by atoms with Crippen LogP contribution in [0.15, 0.2) is 60.7 Å². The van der Waals surface area contributed by atoms with Crippen LogP contribution in [0.4, 0.5) is 4.79 Å². The molecule has 4 rings (SSSR count). The lowest BCUT2D eigenvalue weighted by atomic mass is 10.2. The number of rotatable bonds is 6. The first-order valence-electron chi connectivity index (χ1n) is 9.91. The number of carbonyl (C=O) groups is 3. The summed E-state index contributed by atoms with van der Waals surface area (Å²) in [5, 5.41) is 9.09. The van der Waals surface area contributed by atoms with E-state index in [-0.39, 0.29) is 11.9 Å². The first kappa shape index (κ1) is 20.3. The molecule has 1 heterocycles. The van der Waals surface area contributed by atoms with Crippen LogP contribution in [0.3, 0.4) is 0 Å². The molecule has 0 unspecified atom stereocenters. The van der Waals surface area contributed by atoms with Crippen LogP contribution in [0.2, 0.25) is 0 Å². The summed E-state index contributed by atoms with van der Waals surface area (Å²) < 4.78 is 6.73. The summed E-state index contributed by atoms with van der Waals surface area (Å²) in [4.78, 5) is 40.8. The second-order valence-electron chi connectivity index (χ2n) is 7.16. The number of nitrogens with one attached hydrogen (secondary N) is 2. The van der Waals surface area contributed by atoms with Crippen molar-refractivity contribution in [1.82, 2.24) is 25.4 Å². The Bertz CT molecular complexity index is 1040. The van der Waals surface area contributed by atoms with Crippen LogP contribution in [-0.4, -0.2) is 44.8 Å². The Morgan fingerprint density at radius 1 is 1.03 bits per heavy atom. The third-order valence-corrected chi connectivity index (χ3v) is 4.62. The molecule has 9 nitrogen and oxygen atoms in total. The van der Waals surface area contributed by atoms with Gasteiger partial charge in [0.1, 0.15) is 0 Å². The van der Waals surface area contributed by atoms with Crippen LogP contribution >= 0.6 is 0 Å². The zero-order valence-electron chi connectivity index (χ0n) is 16.8. The number of esters is 1. The number of nitrogens with zero attached hydrogens (tertiary/aromatic N) is 3. The third-order valence-electron chi connectivity index (χ3n) is 4.62. The maximum Gasteiger partial charge on any atom is 0.379 e. The van der Waals surface area contributed by atoms with Crippen LogP contribution in [0.1, 0.15) is 30.4 Å². The second-order valence-corrected chi connectivity index (χ2v) is 7.16. The van der Waals surface area contributed by atoms with Gasteiger partial charge in [-0.3, -0.25) is 10.1 Å². The summed E-state index contributed by atoms with van der Waals surface area (Å²) in [5.41, 5.74) is 1.48. The van der Waals surface area contributed by atoms with E-state index in [2.05, 4.69) is 20.7 Å². The first-order valence-corrected chi connectivity index (χ1v) is 9.91. The van der Waals surface area contributed by atoms with E-state index in [1.54, 1.807) is 4.68 Å². The molecule has 0 aliphatic heterocycles. The van der Waals surface area contributed by atoms with Crippen molar-refractivity contribution in [3.63, 3.8) is 0 Å². The van der Waals surface area contributed by atoms with Crippen molar-refractivity contribution in [2.45, 2.75) is 31.9 Å². The Kier molecular flexibility index (Phi) is 5.74. The molecule has 2 aromatic carbocycles. The zero-order chi connectivity index (χ0) is 21.8. The fraction of sp³-hybridized carbons (Fsp3) is 0.227. The molecule has 0 saturated heterocycles. The smallest absolute Gasteiger partial charge is 0.379 e.